The van der Waals surface area contributed by atoms with E-state index in [9.17, 15) is 24.3 Å². The summed E-state index contributed by atoms with van der Waals surface area (Å²) < 4.78 is 10.2. The summed E-state index contributed by atoms with van der Waals surface area (Å²) in [5, 5.41) is 8.88. The van der Waals surface area contributed by atoms with Crippen LogP contribution in [0.1, 0.15) is 26.7 Å². The number of ether oxygens (including phenoxy) is 2. The predicted octanol–water partition coefficient (Wildman–Crippen LogP) is 1.11. The summed E-state index contributed by atoms with van der Waals surface area (Å²) in [4.78, 5) is 51.8. The Morgan fingerprint density at radius 2 is 1.30 bits per heavy atom. The first kappa shape index (κ1) is 26.1. The highest BCUT2D eigenvalue weighted by Crippen LogP contribution is 2.21. The Morgan fingerprint density at radius 3 is 1.63 bits per heavy atom. The van der Waals surface area contributed by atoms with Crippen molar-refractivity contribution in [1.82, 2.24) is 14.7 Å². The van der Waals surface area contributed by atoms with Crippen molar-refractivity contribution in [3.8, 4) is 0 Å². The van der Waals surface area contributed by atoms with E-state index >= 15 is 0 Å². The zero-order valence-corrected chi connectivity index (χ0v) is 18.9. The quantitative estimate of drug-likeness (QED) is 0.293. The number of aliphatic hydroxyl groups is 1. The second-order valence-corrected chi connectivity index (χ2v) is 8.47. The molecule has 0 bridgehead atoms. The van der Waals surface area contributed by atoms with Crippen LogP contribution in [0.25, 0.3) is 0 Å². The molecular formula is C18H29N3O7S2. The third-order valence-electron chi connectivity index (χ3n) is 3.95. The summed E-state index contributed by atoms with van der Waals surface area (Å²) in [6, 6.07) is -1.37. The van der Waals surface area contributed by atoms with Gasteiger partial charge in [0, 0.05) is 10.5 Å². The molecule has 1 saturated heterocycles. The molecule has 1 heterocycles. The van der Waals surface area contributed by atoms with Gasteiger partial charge in [-0.25, -0.2) is 14.5 Å². The third kappa shape index (κ3) is 8.07. The van der Waals surface area contributed by atoms with Gasteiger partial charge in [-0.3, -0.25) is 19.4 Å². The summed E-state index contributed by atoms with van der Waals surface area (Å²) >= 11 is 8.23. The van der Waals surface area contributed by atoms with E-state index in [0.29, 0.717) is 0 Å². The van der Waals surface area contributed by atoms with E-state index in [1.54, 1.807) is 13.8 Å². The van der Waals surface area contributed by atoms with Crippen molar-refractivity contribution in [2.75, 3.05) is 39.5 Å². The zero-order chi connectivity index (χ0) is 22.8. The molecule has 4 amide bonds. The Kier molecular flexibility index (Phi) is 11.1. The molecule has 0 aromatic carbocycles. The minimum absolute atomic E-state index is 0.0347. The smallest absolute Gasteiger partial charge is 0.333 e. The monoisotopic (exact) mass is 463 g/mol. The van der Waals surface area contributed by atoms with E-state index < -0.39 is 30.6 Å². The van der Waals surface area contributed by atoms with Crippen LogP contribution in [0.2, 0.25) is 0 Å². The number of aliphatic hydroxyl groups excluding tert-OH is 1. The fourth-order valence-corrected chi connectivity index (χ4v) is 2.88. The van der Waals surface area contributed by atoms with E-state index in [1.165, 1.54) is 9.80 Å². The lowest BCUT2D eigenvalue weighted by molar-refractivity contribution is -0.144. The number of imide groups is 1. The first-order valence-corrected chi connectivity index (χ1v) is 10.5. The average Bonchev–Trinajstić information content (AvgIpc) is 2.63. The van der Waals surface area contributed by atoms with Crippen LogP contribution in [0.4, 0.5) is 9.59 Å². The van der Waals surface area contributed by atoms with E-state index in [0.717, 1.165) is 4.90 Å². The van der Waals surface area contributed by atoms with Gasteiger partial charge in [0.2, 0.25) is 0 Å². The zero-order valence-electron chi connectivity index (χ0n) is 17.2. The van der Waals surface area contributed by atoms with E-state index in [1.807, 2.05) is 0 Å². The number of rotatable bonds is 12. The van der Waals surface area contributed by atoms with Gasteiger partial charge < -0.3 is 14.6 Å². The molecule has 1 aliphatic heterocycles. The van der Waals surface area contributed by atoms with Crippen LogP contribution < -0.4 is 0 Å². The van der Waals surface area contributed by atoms with Crippen LogP contribution >= 0.6 is 25.3 Å². The van der Waals surface area contributed by atoms with Crippen molar-refractivity contribution in [1.29, 1.82) is 0 Å². The molecule has 170 valence electrons. The number of amides is 4. The number of urea groups is 2. The molecule has 0 aromatic heterocycles. The van der Waals surface area contributed by atoms with Gasteiger partial charge in [0.05, 0.1) is 39.1 Å². The summed E-state index contributed by atoms with van der Waals surface area (Å²) in [6.45, 7) is 6.37. The highest BCUT2D eigenvalue weighted by Gasteiger charge is 2.39. The number of thiol groups is 2. The lowest BCUT2D eigenvalue weighted by Gasteiger charge is -2.41. The van der Waals surface area contributed by atoms with Crippen LogP contribution in [0.5, 0.6) is 0 Å². The molecule has 12 heteroatoms. The molecule has 2 unspecified atom stereocenters. The van der Waals surface area contributed by atoms with Gasteiger partial charge in [-0.15, -0.1) is 0 Å². The maximum Gasteiger partial charge on any atom is 0.333 e. The molecule has 1 aliphatic rings. The van der Waals surface area contributed by atoms with Crippen LogP contribution in [0.3, 0.4) is 0 Å². The Morgan fingerprint density at radius 1 is 0.900 bits per heavy atom. The fraction of sp³-hybridized carbons (Fsp3) is 0.667. The number of β-amino-alcohol motifs (C(OH)–C–C–N with tert-alkyl or cyclic N) is 1. The minimum atomic E-state index is -0.685. The van der Waals surface area contributed by atoms with E-state index in [2.05, 4.69) is 31.8 Å². The molecule has 0 aliphatic carbocycles. The molecule has 10 nitrogen and oxygen atoms in total. The average molecular weight is 464 g/mol. The first-order valence-electron chi connectivity index (χ1n) is 9.46. The van der Waals surface area contributed by atoms with Crippen LogP contribution in [-0.2, 0) is 19.1 Å². The highest BCUT2D eigenvalue weighted by atomic mass is 32.1. The highest BCUT2D eigenvalue weighted by molar-refractivity contribution is 7.81. The topological polar surface area (TPSA) is 117 Å². The number of carbonyl (C=O) groups is 4. The lowest BCUT2D eigenvalue weighted by atomic mass is 10.3. The van der Waals surface area contributed by atoms with Gasteiger partial charge in [-0.05, 0) is 0 Å². The lowest BCUT2D eigenvalue weighted by Crippen LogP contribution is -2.60. The fourth-order valence-electron chi connectivity index (χ4n) is 2.58. The molecule has 0 spiro atoms. The van der Waals surface area contributed by atoms with Gasteiger partial charge in [-0.1, -0.05) is 20.4 Å². The Hall–Kier alpha value is -1.92. The minimum Gasteiger partial charge on any atom is -0.464 e. The molecule has 0 radical (unpaired) electrons. The molecule has 30 heavy (non-hydrogen) atoms. The Bertz CT molecular complexity index is 608. The number of nitrogens with zero attached hydrogens (tertiary/aromatic N) is 3. The SMILES string of the molecule is C=C1N(CCOC(=O)CC(C)S)C(=O)N(CCO)C(=O)N1CCOC(=O)CC(C)S. The second kappa shape index (κ2) is 12.7. The summed E-state index contributed by atoms with van der Waals surface area (Å²) in [7, 11) is 0. The molecule has 2 atom stereocenters. The van der Waals surface area contributed by atoms with Crippen molar-refractivity contribution in [2.24, 2.45) is 0 Å². The molecule has 1 N–H and O–H groups in total. The van der Waals surface area contributed by atoms with Crippen LogP contribution in [0, 0.1) is 0 Å². The first-order chi connectivity index (χ1) is 14.1. The largest absolute Gasteiger partial charge is 0.464 e. The molecular weight excluding hydrogens is 434 g/mol. The molecule has 0 aromatic rings. The van der Waals surface area contributed by atoms with Gasteiger partial charge in [0.15, 0.2) is 0 Å². The number of carbonyl (C=O) groups excluding carboxylic acids is 4. The Labute approximate surface area is 187 Å². The normalized spacial score (nSPS) is 16.6. The van der Waals surface area contributed by atoms with E-state index in [-0.39, 0.29) is 62.0 Å². The van der Waals surface area contributed by atoms with Crippen molar-refractivity contribution >= 4 is 49.3 Å². The summed E-state index contributed by atoms with van der Waals surface area (Å²) in [5.41, 5.74) is 0. The molecule has 0 saturated carbocycles. The Balaban J connectivity index is 2.76. The van der Waals surface area contributed by atoms with Gasteiger partial charge in [-0.2, -0.15) is 25.3 Å². The van der Waals surface area contributed by atoms with Crippen LogP contribution in [-0.4, -0.2) is 93.8 Å². The van der Waals surface area contributed by atoms with Crippen molar-refractivity contribution < 1.29 is 33.8 Å². The predicted molar refractivity (Wildman–Crippen MR) is 115 cm³/mol. The second-order valence-electron chi connectivity index (χ2n) is 6.71. The molecule has 1 fully saturated rings. The van der Waals surface area contributed by atoms with Crippen molar-refractivity contribution in [2.45, 2.75) is 37.2 Å². The van der Waals surface area contributed by atoms with Gasteiger partial charge in [0.25, 0.3) is 0 Å². The van der Waals surface area contributed by atoms with Gasteiger partial charge in [0.1, 0.15) is 19.0 Å². The summed E-state index contributed by atoms with van der Waals surface area (Å²) in [6.07, 6.45) is 0.241. The number of hydrogen-bond donors (Lipinski definition) is 3. The van der Waals surface area contributed by atoms with Crippen LogP contribution in [0.15, 0.2) is 12.4 Å². The van der Waals surface area contributed by atoms with Crippen molar-refractivity contribution in [3.63, 3.8) is 0 Å². The van der Waals surface area contributed by atoms with Gasteiger partial charge >= 0.3 is 24.0 Å². The maximum absolute atomic E-state index is 12.6. The standard InChI is InChI=1S/C18H29N3O7S2/c1-12(29)10-15(23)27-8-5-19-14(3)20(6-9-28-16(24)11-13(2)30)18(26)21(4-7-22)17(19)25/h12-13,22,29-30H,3-11H2,1-2H3. The number of esters is 2. The van der Waals surface area contributed by atoms with E-state index in [4.69, 9.17) is 9.47 Å². The summed E-state index contributed by atoms with van der Waals surface area (Å²) in [5.74, 6) is -0.854. The maximum atomic E-state index is 12.6. The van der Waals surface area contributed by atoms with Crippen molar-refractivity contribution in [3.05, 3.63) is 12.4 Å². The number of hydrogen-bond acceptors (Lipinski definition) is 9. The third-order valence-corrected chi connectivity index (χ3v) is 4.32. The molecule has 1 rings (SSSR count).